The number of halogens is 1. The molecule has 2 fully saturated rings. The van der Waals surface area contributed by atoms with Crippen molar-refractivity contribution in [2.24, 2.45) is 0 Å². The molecular weight excluding hydrogens is 336 g/mol. The first-order valence-corrected chi connectivity index (χ1v) is 8.38. The molecule has 2 aliphatic rings. The fourth-order valence-electron chi connectivity index (χ4n) is 2.97. The SMILES string of the molecule is O=C(c1cc(Br)c[nH]1)N(CC1CCCO1)CC1CCCO1. The monoisotopic (exact) mass is 356 g/mol. The van der Waals surface area contributed by atoms with Crippen LogP contribution in [0.3, 0.4) is 0 Å². The maximum absolute atomic E-state index is 12.7. The van der Waals surface area contributed by atoms with E-state index in [0.717, 1.165) is 43.4 Å². The largest absolute Gasteiger partial charge is 0.376 e. The van der Waals surface area contributed by atoms with Gasteiger partial charge < -0.3 is 19.4 Å². The molecule has 0 spiro atoms. The summed E-state index contributed by atoms with van der Waals surface area (Å²) in [6, 6.07) is 1.82. The second-order valence-electron chi connectivity index (χ2n) is 5.71. The predicted molar refractivity (Wildman–Crippen MR) is 82.3 cm³/mol. The molecule has 6 heteroatoms. The molecule has 1 aromatic heterocycles. The van der Waals surface area contributed by atoms with Crippen LogP contribution in [0.5, 0.6) is 0 Å². The number of nitrogens with zero attached hydrogens (tertiary/aromatic N) is 1. The molecule has 0 bridgehead atoms. The first-order valence-electron chi connectivity index (χ1n) is 7.59. The van der Waals surface area contributed by atoms with Crippen LogP contribution in [0.15, 0.2) is 16.7 Å². The summed E-state index contributed by atoms with van der Waals surface area (Å²) >= 11 is 3.37. The van der Waals surface area contributed by atoms with Gasteiger partial charge in [0.15, 0.2) is 0 Å². The Labute approximate surface area is 133 Å². The van der Waals surface area contributed by atoms with Crippen molar-refractivity contribution in [3.05, 3.63) is 22.4 Å². The number of aromatic nitrogens is 1. The van der Waals surface area contributed by atoms with Crippen LogP contribution in [0, 0.1) is 0 Å². The van der Waals surface area contributed by atoms with Gasteiger partial charge in [0.1, 0.15) is 5.69 Å². The number of rotatable bonds is 5. The van der Waals surface area contributed by atoms with Crippen molar-refractivity contribution < 1.29 is 14.3 Å². The maximum atomic E-state index is 12.7. The summed E-state index contributed by atoms with van der Waals surface area (Å²) in [6.45, 7) is 2.91. The number of H-pyrrole nitrogens is 1. The van der Waals surface area contributed by atoms with Gasteiger partial charge in [-0.1, -0.05) is 0 Å². The van der Waals surface area contributed by atoms with E-state index in [-0.39, 0.29) is 18.1 Å². The number of carbonyl (C=O) groups is 1. The Bertz CT molecular complexity index is 461. The fraction of sp³-hybridized carbons (Fsp3) is 0.667. The highest BCUT2D eigenvalue weighted by atomic mass is 79.9. The van der Waals surface area contributed by atoms with Gasteiger partial charge in [0.05, 0.1) is 12.2 Å². The summed E-state index contributed by atoms with van der Waals surface area (Å²) in [5.41, 5.74) is 0.609. The zero-order chi connectivity index (χ0) is 14.7. The third-order valence-corrected chi connectivity index (χ3v) is 4.52. The first kappa shape index (κ1) is 15.1. The fourth-order valence-corrected chi connectivity index (χ4v) is 3.31. The van der Waals surface area contributed by atoms with E-state index in [9.17, 15) is 4.79 Å². The first-order chi connectivity index (χ1) is 10.2. The molecule has 2 aliphatic heterocycles. The zero-order valence-corrected chi connectivity index (χ0v) is 13.6. The molecule has 2 unspecified atom stereocenters. The molecule has 0 saturated carbocycles. The quantitative estimate of drug-likeness (QED) is 0.881. The van der Waals surface area contributed by atoms with Gasteiger partial charge in [0, 0.05) is 37.0 Å². The van der Waals surface area contributed by atoms with Crippen LogP contribution in [0.4, 0.5) is 0 Å². The van der Waals surface area contributed by atoms with Gasteiger partial charge in [-0.05, 0) is 47.7 Å². The molecule has 3 heterocycles. The number of aromatic amines is 1. The van der Waals surface area contributed by atoms with Gasteiger partial charge in [0.25, 0.3) is 5.91 Å². The molecule has 2 saturated heterocycles. The third kappa shape index (κ3) is 3.87. The molecule has 0 aliphatic carbocycles. The summed E-state index contributed by atoms with van der Waals surface area (Å²) in [7, 11) is 0. The standard InChI is InChI=1S/C15H21BrN2O3/c16-11-7-14(17-8-11)15(19)18(9-12-3-1-5-20-12)10-13-4-2-6-21-13/h7-8,12-13,17H,1-6,9-10H2. The lowest BCUT2D eigenvalue weighted by molar-refractivity contribution is 0.0304. The van der Waals surface area contributed by atoms with Crippen molar-refractivity contribution in [2.45, 2.75) is 37.9 Å². The molecule has 3 rings (SSSR count). The summed E-state index contributed by atoms with van der Waals surface area (Å²) in [6.07, 6.45) is 6.33. The Morgan fingerprint density at radius 1 is 1.24 bits per heavy atom. The van der Waals surface area contributed by atoms with Crippen LogP contribution in [-0.4, -0.2) is 54.3 Å². The highest BCUT2D eigenvalue weighted by Crippen LogP contribution is 2.20. The summed E-state index contributed by atoms with van der Waals surface area (Å²) in [5, 5.41) is 0. The van der Waals surface area contributed by atoms with Crippen LogP contribution < -0.4 is 0 Å². The van der Waals surface area contributed by atoms with Gasteiger partial charge in [-0.3, -0.25) is 4.79 Å². The van der Waals surface area contributed by atoms with E-state index in [0.29, 0.717) is 18.8 Å². The van der Waals surface area contributed by atoms with E-state index >= 15 is 0 Å². The van der Waals surface area contributed by atoms with Crippen molar-refractivity contribution in [3.8, 4) is 0 Å². The van der Waals surface area contributed by atoms with Crippen molar-refractivity contribution >= 4 is 21.8 Å². The average Bonchev–Trinajstić information content (AvgIpc) is 3.19. The normalized spacial score (nSPS) is 25.4. The summed E-state index contributed by atoms with van der Waals surface area (Å²) in [5.74, 6) is 0.0201. The van der Waals surface area contributed by atoms with Crippen molar-refractivity contribution in [1.29, 1.82) is 0 Å². The van der Waals surface area contributed by atoms with Crippen molar-refractivity contribution in [3.63, 3.8) is 0 Å². The highest BCUT2D eigenvalue weighted by Gasteiger charge is 2.28. The predicted octanol–water partition coefficient (Wildman–Crippen LogP) is 2.58. The summed E-state index contributed by atoms with van der Waals surface area (Å²) in [4.78, 5) is 17.6. The minimum Gasteiger partial charge on any atom is -0.376 e. The molecule has 0 radical (unpaired) electrons. The number of nitrogens with one attached hydrogen (secondary N) is 1. The van der Waals surface area contributed by atoms with Crippen LogP contribution in [0.2, 0.25) is 0 Å². The second kappa shape index (κ2) is 6.94. The van der Waals surface area contributed by atoms with Gasteiger partial charge >= 0.3 is 0 Å². The average molecular weight is 357 g/mol. The Morgan fingerprint density at radius 2 is 1.86 bits per heavy atom. The topological polar surface area (TPSA) is 54.6 Å². The Morgan fingerprint density at radius 3 is 2.29 bits per heavy atom. The molecular formula is C15H21BrN2O3. The Kier molecular flexibility index (Phi) is 4.98. The van der Waals surface area contributed by atoms with E-state index in [2.05, 4.69) is 20.9 Å². The lowest BCUT2D eigenvalue weighted by Gasteiger charge is -2.27. The van der Waals surface area contributed by atoms with Gasteiger partial charge in [-0.2, -0.15) is 0 Å². The van der Waals surface area contributed by atoms with Gasteiger partial charge in [0.2, 0.25) is 0 Å². The van der Waals surface area contributed by atoms with Crippen molar-refractivity contribution in [1.82, 2.24) is 9.88 Å². The number of carbonyl (C=O) groups excluding carboxylic acids is 1. The van der Waals surface area contributed by atoms with Crippen LogP contribution in [0.25, 0.3) is 0 Å². The molecule has 21 heavy (non-hydrogen) atoms. The molecule has 1 aromatic rings. The van der Waals surface area contributed by atoms with Crippen LogP contribution in [-0.2, 0) is 9.47 Å². The molecule has 1 N–H and O–H groups in total. The number of ether oxygens (including phenoxy) is 2. The van der Waals surface area contributed by atoms with Gasteiger partial charge in [-0.25, -0.2) is 0 Å². The number of amides is 1. The highest BCUT2D eigenvalue weighted by molar-refractivity contribution is 9.10. The van der Waals surface area contributed by atoms with Gasteiger partial charge in [-0.15, -0.1) is 0 Å². The smallest absolute Gasteiger partial charge is 0.270 e. The van der Waals surface area contributed by atoms with E-state index in [4.69, 9.17) is 9.47 Å². The lowest BCUT2D eigenvalue weighted by Crippen LogP contribution is -2.42. The van der Waals surface area contributed by atoms with Crippen LogP contribution in [0.1, 0.15) is 36.2 Å². The number of hydrogen-bond acceptors (Lipinski definition) is 3. The van der Waals surface area contributed by atoms with E-state index in [1.807, 2.05) is 11.0 Å². The Balaban J connectivity index is 1.68. The molecule has 0 aromatic carbocycles. The maximum Gasteiger partial charge on any atom is 0.270 e. The van der Waals surface area contributed by atoms with E-state index in [1.165, 1.54) is 0 Å². The van der Waals surface area contributed by atoms with Crippen LogP contribution >= 0.6 is 15.9 Å². The minimum atomic E-state index is 0.0201. The molecule has 1 amide bonds. The second-order valence-corrected chi connectivity index (χ2v) is 6.63. The Hall–Kier alpha value is -0.850. The molecule has 5 nitrogen and oxygen atoms in total. The third-order valence-electron chi connectivity index (χ3n) is 4.06. The zero-order valence-electron chi connectivity index (χ0n) is 12.0. The van der Waals surface area contributed by atoms with E-state index < -0.39 is 0 Å². The molecule has 116 valence electrons. The summed E-state index contributed by atoms with van der Waals surface area (Å²) < 4.78 is 12.3. The lowest BCUT2D eigenvalue weighted by atomic mass is 10.2. The molecule has 2 atom stereocenters. The number of hydrogen-bond donors (Lipinski definition) is 1. The van der Waals surface area contributed by atoms with E-state index in [1.54, 1.807) is 6.20 Å². The minimum absolute atomic E-state index is 0.0201. The van der Waals surface area contributed by atoms with Crippen molar-refractivity contribution in [2.75, 3.05) is 26.3 Å².